The molecule has 0 fully saturated rings. The Bertz CT molecular complexity index is 902. The van der Waals surface area contributed by atoms with Crippen molar-refractivity contribution in [1.29, 1.82) is 0 Å². The smallest absolute Gasteiger partial charge is 0.227 e. The van der Waals surface area contributed by atoms with Crippen LogP contribution in [0.25, 0.3) is 22.6 Å². The van der Waals surface area contributed by atoms with E-state index < -0.39 is 0 Å². The highest BCUT2D eigenvalue weighted by atomic mass is 16.3. The Morgan fingerprint density at radius 2 is 1.48 bits per heavy atom. The molecule has 3 aromatic rings. The summed E-state index contributed by atoms with van der Waals surface area (Å²) >= 11 is 0. The van der Waals surface area contributed by atoms with Gasteiger partial charge in [0.25, 0.3) is 0 Å². The van der Waals surface area contributed by atoms with E-state index in [1.54, 1.807) is 0 Å². The zero-order chi connectivity index (χ0) is 21.7. The van der Waals surface area contributed by atoms with Crippen molar-refractivity contribution < 1.29 is 4.42 Å². The average molecular weight is 422 g/mol. The van der Waals surface area contributed by atoms with E-state index in [4.69, 9.17) is 10.2 Å². The lowest BCUT2D eigenvalue weighted by atomic mass is 10.1. The Morgan fingerprint density at radius 1 is 0.806 bits per heavy atom. The van der Waals surface area contributed by atoms with E-state index in [1.165, 1.54) is 77.0 Å². The molecule has 31 heavy (non-hydrogen) atoms. The number of hydrogen-bond acceptors (Lipinski definition) is 4. The first kappa shape index (κ1) is 23.2. The van der Waals surface area contributed by atoms with Gasteiger partial charge in [-0.1, -0.05) is 83.6 Å². The lowest BCUT2D eigenvalue weighted by Gasteiger charge is -2.06. The summed E-state index contributed by atoms with van der Waals surface area (Å²) in [5.41, 5.74) is 10.3. The molecular formula is C27H39N3O. The van der Waals surface area contributed by atoms with Crippen LogP contribution >= 0.6 is 0 Å². The molecule has 0 amide bonds. The number of rotatable bonds is 15. The van der Waals surface area contributed by atoms with Crippen LogP contribution in [0, 0.1) is 0 Å². The van der Waals surface area contributed by atoms with Crippen molar-refractivity contribution in [3.63, 3.8) is 0 Å². The van der Waals surface area contributed by atoms with Gasteiger partial charge in [0.05, 0.1) is 0 Å². The zero-order valence-electron chi connectivity index (χ0n) is 19.2. The molecule has 0 unspecified atom stereocenters. The maximum atomic E-state index is 5.89. The number of nitrogen functional groups attached to an aromatic ring is 1. The minimum atomic E-state index is 0.611. The molecular weight excluding hydrogens is 382 g/mol. The first-order valence-electron chi connectivity index (χ1n) is 12.3. The Balaban J connectivity index is 1.30. The molecule has 0 atom stereocenters. The van der Waals surface area contributed by atoms with Crippen LogP contribution in [0.1, 0.15) is 84.0 Å². The Hall–Kier alpha value is -2.49. The van der Waals surface area contributed by atoms with Gasteiger partial charge in [0.1, 0.15) is 5.52 Å². The molecule has 0 aliphatic heterocycles. The number of anilines is 2. The predicted molar refractivity (Wildman–Crippen MR) is 133 cm³/mol. The van der Waals surface area contributed by atoms with Crippen LogP contribution in [0.5, 0.6) is 0 Å². The number of benzene rings is 2. The van der Waals surface area contributed by atoms with Gasteiger partial charge in [-0.25, -0.2) is 4.98 Å². The highest BCUT2D eigenvalue weighted by Gasteiger charge is 2.09. The molecule has 0 spiro atoms. The standard InChI is InChI=1S/C27H39N3O/c1-2-3-4-5-6-7-8-9-10-11-12-13-19-29-24-17-18-26-25(21-24)30-27(31-26)22-15-14-16-23(28)20-22/h14-18,20-21,29H,2-13,19,28H2,1H3. The number of hydrogen-bond donors (Lipinski definition) is 2. The quantitative estimate of drug-likeness (QED) is 0.192. The van der Waals surface area contributed by atoms with Crippen LogP contribution in [-0.4, -0.2) is 11.5 Å². The lowest BCUT2D eigenvalue weighted by Crippen LogP contribution is -2.01. The summed E-state index contributed by atoms with van der Waals surface area (Å²) in [5, 5.41) is 3.53. The normalized spacial score (nSPS) is 11.3. The molecule has 0 saturated carbocycles. The SMILES string of the molecule is CCCCCCCCCCCCCCNc1ccc2oc(-c3cccc(N)c3)nc2c1. The number of aromatic nitrogens is 1. The lowest BCUT2D eigenvalue weighted by molar-refractivity contribution is 0.546. The number of fused-ring (bicyclic) bond motifs is 1. The van der Waals surface area contributed by atoms with Crippen molar-refractivity contribution in [2.75, 3.05) is 17.6 Å². The van der Waals surface area contributed by atoms with E-state index in [-0.39, 0.29) is 0 Å². The summed E-state index contributed by atoms with van der Waals surface area (Å²) in [5.74, 6) is 0.611. The maximum absolute atomic E-state index is 5.89. The zero-order valence-corrected chi connectivity index (χ0v) is 19.2. The van der Waals surface area contributed by atoms with Gasteiger partial charge in [-0.3, -0.25) is 0 Å². The molecule has 0 radical (unpaired) electrons. The van der Waals surface area contributed by atoms with E-state index >= 15 is 0 Å². The Kier molecular flexibility index (Phi) is 9.75. The molecule has 3 rings (SSSR count). The molecule has 168 valence electrons. The van der Waals surface area contributed by atoms with E-state index in [2.05, 4.69) is 29.4 Å². The average Bonchev–Trinajstić information content (AvgIpc) is 3.20. The summed E-state index contributed by atoms with van der Waals surface area (Å²) in [6.45, 7) is 3.28. The van der Waals surface area contributed by atoms with Gasteiger partial charge in [-0.15, -0.1) is 0 Å². The molecule has 0 aliphatic carbocycles. The summed E-state index contributed by atoms with van der Waals surface area (Å²) < 4.78 is 5.89. The Morgan fingerprint density at radius 3 is 2.16 bits per heavy atom. The van der Waals surface area contributed by atoms with Crippen molar-refractivity contribution in [3.05, 3.63) is 42.5 Å². The van der Waals surface area contributed by atoms with Gasteiger partial charge in [0.2, 0.25) is 5.89 Å². The second kappa shape index (κ2) is 13.0. The number of nitrogens with zero attached hydrogens (tertiary/aromatic N) is 1. The molecule has 1 heterocycles. The second-order valence-electron chi connectivity index (χ2n) is 8.64. The third-order valence-corrected chi connectivity index (χ3v) is 5.88. The van der Waals surface area contributed by atoms with Crippen LogP contribution < -0.4 is 11.1 Å². The number of nitrogens with one attached hydrogen (secondary N) is 1. The molecule has 4 heteroatoms. The topological polar surface area (TPSA) is 64.1 Å². The monoisotopic (exact) mass is 421 g/mol. The van der Waals surface area contributed by atoms with Gasteiger partial charge >= 0.3 is 0 Å². The molecule has 0 aliphatic rings. The fourth-order valence-corrected chi connectivity index (χ4v) is 4.03. The van der Waals surface area contributed by atoms with Crippen molar-refractivity contribution in [2.24, 2.45) is 0 Å². The Labute approximate surface area is 187 Å². The van der Waals surface area contributed by atoms with Crippen LogP contribution in [-0.2, 0) is 0 Å². The van der Waals surface area contributed by atoms with Crippen molar-refractivity contribution in [3.8, 4) is 11.5 Å². The highest BCUT2D eigenvalue weighted by Crippen LogP contribution is 2.27. The second-order valence-corrected chi connectivity index (χ2v) is 8.64. The van der Waals surface area contributed by atoms with Crippen LogP contribution in [0.3, 0.4) is 0 Å². The van der Waals surface area contributed by atoms with E-state index in [0.717, 1.165) is 28.9 Å². The molecule has 3 N–H and O–H groups in total. The summed E-state index contributed by atoms with van der Waals surface area (Å²) in [6, 6.07) is 13.8. The van der Waals surface area contributed by atoms with Gasteiger partial charge in [0, 0.05) is 23.5 Å². The fraction of sp³-hybridized carbons (Fsp3) is 0.519. The van der Waals surface area contributed by atoms with Crippen molar-refractivity contribution in [1.82, 2.24) is 4.98 Å². The molecule has 4 nitrogen and oxygen atoms in total. The van der Waals surface area contributed by atoms with E-state index in [0.29, 0.717) is 11.6 Å². The van der Waals surface area contributed by atoms with E-state index in [1.807, 2.05) is 30.3 Å². The van der Waals surface area contributed by atoms with E-state index in [9.17, 15) is 0 Å². The first-order chi connectivity index (χ1) is 15.3. The van der Waals surface area contributed by atoms with Crippen molar-refractivity contribution in [2.45, 2.75) is 84.0 Å². The molecule has 0 bridgehead atoms. The van der Waals surface area contributed by atoms with Crippen LogP contribution in [0.15, 0.2) is 46.9 Å². The molecule has 2 aromatic carbocycles. The predicted octanol–water partition coefficient (Wildman–Crippen LogP) is 8.19. The van der Waals surface area contributed by atoms with Crippen LogP contribution in [0.4, 0.5) is 11.4 Å². The maximum Gasteiger partial charge on any atom is 0.227 e. The third kappa shape index (κ3) is 7.93. The van der Waals surface area contributed by atoms with Gasteiger partial charge in [0.15, 0.2) is 5.58 Å². The molecule has 0 saturated heterocycles. The fourth-order valence-electron chi connectivity index (χ4n) is 4.03. The number of oxazole rings is 1. The molecule has 1 aromatic heterocycles. The van der Waals surface area contributed by atoms with Gasteiger partial charge in [-0.2, -0.15) is 0 Å². The number of unbranched alkanes of at least 4 members (excludes halogenated alkanes) is 11. The highest BCUT2D eigenvalue weighted by molar-refractivity contribution is 5.80. The largest absolute Gasteiger partial charge is 0.436 e. The minimum absolute atomic E-state index is 0.611. The first-order valence-corrected chi connectivity index (χ1v) is 12.3. The summed E-state index contributed by atoms with van der Waals surface area (Å²) in [6.07, 6.45) is 16.5. The van der Waals surface area contributed by atoms with Crippen molar-refractivity contribution >= 4 is 22.5 Å². The van der Waals surface area contributed by atoms with Gasteiger partial charge in [-0.05, 0) is 42.8 Å². The number of nitrogens with two attached hydrogens (primary N) is 1. The minimum Gasteiger partial charge on any atom is -0.436 e. The summed E-state index contributed by atoms with van der Waals surface area (Å²) in [7, 11) is 0. The third-order valence-electron chi connectivity index (χ3n) is 5.88. The van der Waals surface area contributed by atoms with Gasteiger partial charge < -0.3 is 15.5 Å². The van der Waals surface area contributed by atoms with Crippen LogP contribution in [0.2, 0.25) is 0 Å². The summed E-state index contributed by atoms with van der Waals surface area (Å²) in [4.78, 5) is 4.64.